The molecule has 0 aliphatic carbocycles. The van der Waals surface area contributed by atoms with Crippen molar-refractivity contribution in [2.24, 2.45) is 0 Å². The summed E-state index contributed by atoms with van der Waals surface area (Å²) in [5.41, 5.74) is 3.01. The standard InChI is InChI=1S/C21H27N3O2/c1-16-10-12-19(13-11-16)22-20(25)15-24(4)21(26)17(2)23(3)14-18-8-6-5-7-9-18/h5-13,17H,14-15H2,1-4H3,(H,22,25)/t17-/m1/s1. The molecule has 0 saturated heterocycles. The summed E-state index contributed by atoms with van der Waals surface area (Å²) in [6, 6.07) is 17.3. The third kappa shape index (κ3) is 5.70. The molecule has 1 atom stereocenters. The predicted octanol–water partition coefficient (Wildman–Crippen LogP) is 2.91. The summed E-state index contributed by atoms with van der Waals surface area (Å²) < 4.78 is 0. The second kappa shape index (κ2) is 9.15. The highest BCUT2D eigenvalue weighted by Crippen LogP contribution is 2.10. The lowest BCUT2D eigenvalue weighted by Crippen LogP contribution is -2.46. The van der Waals surface area contributed by atoms with E-state index in [0.717, 1.165) is 16.8 Å². The molecule has 0 bridgehead atoms. The average Bonchev–Trinajstić information content (AvgIpc) is 2.63. The molecule has 0 unspecified atom stereocenters. The number of carbonyl (C=O) groups excluding carboxylic acids is 2. The molecule has 2 aromatic rings. The summed E-state index contributed by atoms with van der Waals surface area (Å²) in [6.45, 7) is 4.55. The van der Waals surface area contributed by atoms with Crippen molar-refractivity contribution in [1.82, 2.24) is 9.80 Å². The number of amides is 2. The Morgan fingerprint density at radius 2 is 1.62 bits per heavy atom. The highest BCUT2D eigenvalue weighted by molar-refractivity contribution is 5.95. The number of aryl methyl sites for hydroxylation is 1. The third-order valence-electron chi connectivity index (χ3n) is 4.39. The molecule has 0 fully saturated rings. The molecule has 0 spiro atoms. The first-order chi connectivity index (χ1) is 12.4. The first-order valence-electron chi connectivity index (χ1n) is 8.72. The highest BCUT2D eigenvalue weighted by Gasteiger charge is 2.23. The quantitative estimate of drug-likeness (QED) is 0.833. The van der Waals surface area contributed by atoms with Gasteiger partial charge in [-0.15, -0.1) is 0 Å². The van der Waals surface area contributed by atoms with E-state index in [1.54, 1.807) is 7.05 Å². The van der Waals surface area contributed by atoms with E-state index >= 15 is 0 Å². The molecule has 26 heavy (non-hydrogen) atoms. The molecule has 0 aromatic heterocycles. The smallest absolute Gasteiger partial charge is 0.243 e. The molecule has 0 aliphatic heterocycles. The van der Waals surface area contributed by atoms with Crippen molar-refractivity contribution in [3.63, 3.8) is 0 Å². The van der Waals surface area contributed by atoms with Gasteiger partial charge in [0.1, 0.15) is 0 Å². The van der Waals surface area contributed by atoms with Crippen LogP contribution in [0.15, 0.2) is 54.6 Å². The van der Waals surface area contributed by atoms with Gasteiger partial charge in [-0.1, -0.05) is 48.0 Å². The fourth-order valence-electron chi connectivity index (χ4n) is 2.65. The second-order valence-electron chi connectivity index (χ2n) is 6.69. The van der Waals surface area contributed by atoms with Gasteiger partial charge in [0, 0.05) is 19.3 Å². The Morgan fingerprint density at radius 3 is 2.23 bits per heavy atom. The van der Waals surface area contributed by atoms with E-state index in [9.17, 15) is 9.59 Å². The fraction of sp³-hybridized carbons (Fsp3) is 0.333. The summed E-state index contributed by atoms with van der Waals surface area (Å²) in [5.74, 6) is -0.287. The van der Waals surface area contributed by atoms with E-state index in [4.69, 9.17) is 0 Å². The molecule has 5 nitrogen and oxygen atoms in total. The molecule has 2 amide bonds. The number of benzene rings is 2. The first-order valence-corrected chi connectivity index (χ1v) is 8.72. The second-order valence-corrected chi connectivity index (χ2v) is 6.69. The van der Waals surface area contributed by atoms with Crippen molar-refractivity contribution < 1.29 is 9.59 Å². The lowest BCUT2D eigenvalue weighted by Gasteiger charge is -2.28. The minimum atomic E-state index is -0.313. The number of carbonyl (C=O) groups is 2. The van der Waals surface area contributed by atoms with Crippen LogP contribution in [-0.4, -0.2) is 48.3 Å². The lowest BCUT2D eigenvalue weighted by atomic mass is 10.2. The zero-order valence-corrected chi connectivity index (χ0v) is 15.9. The van der Waals surface area contributed by atoms with Gasteiger partial charge in [0.25, 0.3) is 0 Å². The summed E-state index contributed by atoms with van der Waals surface area (Å²) in [5, 5.41) is 2.82. The van der Waals surface area contributed by atoms with Crippen LogP contribution in [0.5, 0.6) is 0 Å². The number of anilines is 1. The first kappa shape index (κ1) is 19.7. The number of nitrogens with one attached hydrogen (secondary N) is 1. The highest BCUT2D eigenvalue weighted by atomic mass is 16.2. The number of nitrogens with zero attached hydrogens (tertiary/aromatic N) is 2. The van der Waals surface area contributed by atoms with Crippen LogP contribution in [0.1, 0.15) is 18.1 Å². The van der Waals surface area contributed by atoms with Gasteiger partial charge in [-0.3, -0.25) is 14.5 Å². The summed E-state index contributed by atoms with van der Waals surface area (Å²) >= 11 is 0. The maximum atomic E-state index is 12.6. The van der Waals surface area contributed by atoms with Gasteiger partial charge in [0.2, 0.25) is 11.8 Å². The summed E-state index contributed by atoms with van der Waals surface area (Å²) in [7, 11) is 3.57. The normalized spacial score (nSPS) is 11.9. The van der Waals surface area contributed by atoms with Crippen LogP contribution >= 0.6 is 0 Å². The third-order valence-corrected chi connectivity index (χ3v) is 4.39. The van der Waals surface area contributed by atoms with Gasteiger partial charge in [-0.05, 0) is 38.6 Å². The van der Waals surface area contributed by atoms with Crippen LogP contribution in [0.25, 0.3) is 0 Å². The van der Waals surface area contributed by atoms with Crippen LogP contribution in [-0.2, 0) is 16.1 Å². The molecular weight excluding hydrogens is 326 g/mol. The van der Waals surface area contributed by atoms with Gasteiger partial charge in [0.15, 0.2) is 0 Å². The molecule has 0 radical (unpaired) electrons. The number of likely N-dealkylation sites (N-methyl/N-ethyl adjacent to an activating group) is 2. The molecule has 138 valence electrons. The Labute approximate surface area is 155 Å². The Balaban J connectivity index is 1.86. The van der Waals surface area contributed by atoms with Crippen LogP contribution in [0.3, 0.4) is 0 Å². The van der Waals surface area contributed by atoms with E-state index in [2.05, 4.69) is 5.32 Å². The van der Waals surface area contributed by atoms with Gasteiger partial charge in [-0.2, -0.15) is 0 Å². The minimum absolute atomic E-state index is 0.0240. The van der Waals surface area contributed by atoms with Gasteiger partial charge in [0.05, 0.1) is 12.6 Å². The van der Waals surface area contributed by atoms with Crippen molar-refractivity contribution in [3.05, 3.63) is 65.7 Å². The molecule has 2 rings (SSSR count). The Hall–Kier alpha value is -2.66. The van der Waals surface area contributed by atoms with Crippen molar-refractivity contribution >= 4 is 17.5 Å². The van der Waals surface area contributed by atoms with E-state index in [-0.39, 0.29) is 24.4 Å². The SMILES string of the molecule is Cc1ccc(NC(=O)CN(C)C(=O)[C@@H](C)N(C)Cc2ccccc2)cc1. The minimum Gasteiger partial charge on any atom is -0.335 e. The van der Waals surface area contributed by atoms with E-state index in [1.165, 1.54) is 4.90 Å². The van der Waals surface area contributed by atoms with Gasteiger partial charge in [-0.25, -0.2) is 0 Å². The molecule has 0 aliphatic rings. The van der Waals surface area contributed by atoms with Gasteiger partial charge < -0.3 is 10.2 Å². The van der Waals surface area contributed by atoms with Crippen LogP contribution in [0, 0.1) is 6.92 Å². The zero-order valence-electron chi connectivity index (χ0n) is 15.9. The predicted molar refractivity (Wildman–Crippen MR) is 105 cm³/mol. The molecule has 5 heteroatoms. The van der Waals surface area contributed by atoms with E-state index in [1.807, 2.05) is 80.4 Å². The monoisotopic (exact) mass is 353 g/mol. The average molecular weight is 353 g/mol. The summed E-state index contributed by atoms with van der Waals surface area (Å²) in [4.78, 5) is 28.2. The Bertz CT molecular complexity index is 729. The molecule has 0 heterocycles. The van der Waals surface area contributed by atoms with Crippen molar-refractivity contribution in [3.8, 4) is 0 Å². The number of rotatable bonds is 7. The van der Waals surface area contributed by atoms with Crippen LogP contribution in [0.4, 0.5) is 5.69 Å². The Kier molecular flexibility index (Phi) is 6.92. The van der Waals surface area contributed by atoms with Crippen molar-refractivity contribution in [2.75, 3.05) is 26.0 Å². The van der Waals surface area contributed by atoms with Crippen LogP contribution in [0.2, 0.25) is 0 Å². The number of hydrogen-bond acceptors (Lipinski definition) is 3. The summed E-state index contributed by atoms with van der Waals surface area (Å²) in [6.07, 6.45) is 0. The maximum absolute atomic E-state index is 12.6. The molecule has 1 N–H and O–H groups in total. The topological polar surface area (TPSA) is 52.7 Å². The largest absolute Gasteiger partial charge is 0.335 e. The maximum Gasteiger partial charge on any atom is 0.243 e. The molecular formula is C21H27N3O2. The zero-order chi connectivity index (χ0) is 19.1. The fourth-order valence-corrected chi connectivity index (χ4v) is 2.65. The van der Waals surface area contributed by atoms with Crippen molar-refractivity contribution in [2.45, 2.75) is 26.4 Å². The van der Waals surface area contributed by atoms with E-state index in [0.29, 0.717) is 6.54 Å². The lowest BCUT2D eigenvalue weighted by molar-refractivity contribution is -0.137. The Morgan fingerprint density at radius 1 is 1.00 bits per heavy atom. The van der Waals surface area contributed by atoms with Crippen LogP contribution < -0.4 is 5.32 Å². The van der Waals surface area contributed by atoms with E-state index < -0.39 is 0 Å². The molecule has 2 aromatic carbocycles. The number of hydrogen-bond donors (Lipinski definition) is 1. The van der Waals surface area contributed by atoms with Gasteiger partial charge >= 0.3 is 0 Å². The van der Waals surface area contributed by atoms with Crippen molar-refractivity contribution in [1.29, 1.82) is 0 Å². The molecule has 0 saturated carbocycles.